The van der Waals surface area contributed by atoms with E-state index in [1.54, 1.807) is 30.3 Å². The molecule has 0 atom stereocenters. The number of nitrogens with zero attached hydrogens (tertiary/aromatic N) is 2. The molecule has 35 heavy (non-hydrogen) atoms. The van der Waals surface area contributed by atoms with Crippen molar-refractivity contribution in [2.45, 2.75) is 11.3 Å². The standard InChI is InChI=1S/C26H28BrN3O4S/c1-29-14-16-30(17-15-29)35(32,33)23-10-8-22(9-11-23)28-26(31)21-7-12-25(24(27)19-21)34-18-13-20-5-3-2-4-6-20/h2-12,19H,13-18H2,1H3,(H,28,31). The van der Waals surface area contributed by atoms with Crippen LogP contribution in [0, 0.1) is 0 Å². The highest BCUT2D eigenvalue weighted by atomic mass is 79.9. The summed E-state index contributed by atoms with van der Waals surface area (Å²) < 4.78 is 33.8. The number of amides is 1. The first-order valence-electron chi connectivity index (χ1n) is 11.4. The van der Waals surface area contributed by atoms with Gasteiger partial charge in [-0.15, -0.1) is 0 Å². The maximum absolute atomic E-state index is 12.9. The second kappa shape index (κ2) is 11.3. The zero-order valence-corrected chi connectivity index (χ0v) is 21.9. The second-order valence-electron chi connectivity index (χ2n) is 8.42. The lowest BCUT2D eigenvalue weighted by Crippen LogP contribution is -2.46. The van der Waals surface area contributed by atoms with E-state index in [-0.39, 0.29) is 10.8 Å². The Hall–Kier alpha value is -2.72. The van der Waals surface area contributed by atoms with Crippen LogP contribution in [-0.4, -0.2) is 63.4 Å². The lowest BCUT2D eigenvalue weighted by atomic mass is 10.1. The van der Waals surface area contributed by atoms with Crippen LogP contribution in [0.4, 0.5) is 5.69 Å². The average molecular weight is 558 g/mol. The smallest absolute Gasteiger partial charge is 0.255 e. The van der Waals surface area contributed by atoms with Gasteiger partial charge in [-0.1, -0.05) is 30.3 Å². The van der Waals surface area contributed by atoms with Crippen LogP contribution < -0.4 is 10.1 Å². The van der Waals surface area contributed by atoms with E-state index in [1.165, 1.54) is 22.0 Å². The van der Waals surface area contributed by atoms with Gasteiger partial charge in [0.15, 0.2) is 0 Å². The van der Waals surface area contributed by atoms with Crippen molar-refractivity contribution in [1.29, 1.82) is 0 Å². The molecule has 1 aliphatic rings. The number of benzene rings is 3. The minimum absolute atomic E-state index is 0.222. The minimum atomic E-state index is -3.54. The third kappa shape index (κ3) is 6.49. The van der Waals surface area contributed by atoms with Crippen molar-refractivity contribution in [3.05, 3.63) is 88.4 Å². The predicted molar refractivity (Wildman–Crippen MR) is 140 cm³/mol. The molecule has 0 spiro atoms. The number of nitrogens with one attached hydrogen (secondary N) is 1. The Morgan fingerprint density at radius 1 is 0.971 bits per heavy atom. The highest BCUT2D eigenvalue weighted by molar-refractivity contribution is 9.10. The van der Waals surface area contributed by atoms with E-state index in [0.29, 0.717) is 54.3 Å². The summed E-state index contributed by atoms with van der Waals surface area (Å²) in [6.45, 7) is 2.88. The summed E-state index contributed by atoms with van der Waals surface area (Å²) in [4.78, 5) is 15.1. The first-order valence-corrected chi connectivity index (χ1v) is 13.6. The Morgan fingerprint density at radius 3 is 2.31 bits per heavy atom. The normalized spacial score (nSPS) is 15.0. The van der Waals surface area contributed by atoms with Crippen LogP contribution in [0.5, 0.6) is 5.75 Å². The maximum Gasteiger partial charge on any atom is 0.255 e. The Bertz CT molecular complexity index is 1260. The van der Waals surface area contributed by atoms with Crippen molar-refractivity contribution in [3.63, 3.8) is 0 Å². The van der Waals surface area contributed by atoms with Gasteiger partial charge in [0.05, 0.1) is 16.0 Å². The van der Waals surface area contributed by atoms with E-state index in [0.717, 1.165) is 6.42 Å². The second-order valence-corrected chi connectivity index (χ2v) is 11.2. The van der Waals surface area contributed by atoms with E-state index in [1.807, 2.05) is 25.2 Å². The Labute approximate surface area is 214 Å². The van der Waals surface area contributed by atoms with Gasteiger partial charge in [0.25, 0.3) is 5.91 Å². The number of sulfonamides is 1. The monoisotopic (exact) mass is 557 g/mol. The fourth-order valence-corrected chi connectivity index (χ4v) is 5.69. The Balaban J connectivity index is 1.34. The summed E-state index contributed by atoms with van der Waals surface area (Å²) in [5.41, 5.74) is 2.18. The summed E-state index contributed by atoms with van der Waals surface area (Å²) in [5.74, 6) is 0.368. The summed E-state index contributed by atoms with van der Waals surface area (Å²) in [7, 11) is -1.57. The largest absolute Gasteiger partial charge is 0.492 e. The topological polar surface area (TPSA) is 79.0 Å². The SMILES string of the molecule is CN1CCN(S(=O)(=O)c2ccc(NC(=O)c3ccc(OCCc4ccccc4)c(Br)c3)cc2)CC1. The van der Waals surface area contributed by atoms with Crippen molar-refractivity contribution in [3.8, 4) is 5.75 Å². The lowest BCUT2D eigenvalue weighted by Gasteiger charge is -2.31. The fourth-order valence-electron chi connectivity index (χ4n) is 3.77. The summed E-state index contributed by atoms with van der Waals surface area (Å²) in [5, 5.41) is 2.82. The van der Waals surface area contributed by atoms with Crippen LogP contribution in [0.15, 0.2) is 82.2 Å². The molecule has 184 valence electrons. The molecule has 0 unspecified atom stereocenters. The summed E-state index contributed by atoms with van der Waals surface area (Å²) in [6, 6.07) is 21.5. The van der Waals surface area contributed by atoms with Crippen molar-refractivity contribution < 1.29 is 17.9 Å². The summed E-state index contributed by atoms with van der Waals surface area (Å²) in [6.07, 6.45) is 0.788. The van der Waals surface area contributed by atoms with Gasteiger partial charge in [0.2, 0.25) is 10.0 Å². The number of ether oxygens (including phenoxy) is 1. The molecule has 1 heterocycles. The molecular formula is C26H28BrN3O4S. The molecule has 1 saturated heterocycles. The summed E-state index contributed by atoms with van der Waals surface area (Å²) >= 11 is 3.48. The maximum atomic E-state index is 12.9. The number of halogens is 1. The number of carbonyl (C=O) groups excluding carboxylic acids is 1. The van der Waals surface area contributed by atoms with Crippen LogP contribution in [0.3, 0.4) is 0 Å². The highest BCUT2D eigenvalue weighted by Gasteiger charge is 2.27. The van der Waals surface area contributed by atoms with Crippen LogP contribution in [0.2, 0.25) is 0 Å². The number of likely N-dealkylation sites (N-methyl/N-ethyl adjacent to an activating group) is 1. The quantitative estimate of drug-likeness (QED) is 0.447. The van der Waals surface area contributed by atoms with E-state index in [2.05, 4.69) is 38.3 Å². The first kappa shape index (κ1) is 25.4. The molecule has 3 aromatic carbocycles. The van der Waals surface area contributed by atoms with Gasteiger partial charge >= 0.3 is 0 Å². The van der Waals surface area contributed by atoms with Crippen LogP contribution >= 0.6 is 15.9 Å². The zero-order valence-electron chi connectivity index (χ0n) is 19.5. The molecule has 7 nitrogen and oxygen atoms in total. The van der Waals surface area contributed by atoms with Crippen molar-refractivity contribution >= 4 is 37.5 Å². The molecule has 0 bridgehead atoms. The van der Waals surface area contributed by atoms with E-state index in [9.17, 15) is 13.2 Å². The van der Waals surface area contributed by atoms with Gasteiger partial charge < -0.3 is 15.0 Å². The van der Waals surface area contributed by atoms with Crippen molar-refractivity contribution in [2.24, 2.45) is 0 Å². The number of piperazine rings is 1. The molecule has 0 saturated carbocycles. The van der Waals surface area contributed by atoms with E-state index in [4.69, 9.17) is 4.74 Å². The van der Waals surface area contributed by atoms with Crippen LogP contribution in [-0.2, 0) is 16.4 Å². The third-order valence-corrected chi connectivity index (χ3v) is 8.43. The van der Waals surface area contributed by atoms with Crippen molar-refractivity contribution in [2.75, 3.05) is 45.2 Å². The van der Waals surface area contributed by atoms with Gasteiger partial charge in [-0.2, -0.15) is 4.31 Å². The highest BCUT2D eigenvalue weighted by Crippen LogP contribution is 2.27. The van der Waals surface area contributed by atoms with Gasteiger partial charge in [-0.05, 0) is 71.0 Å². The lowest BCUT2D eigenvalue weighted by molar-refractivity contribution is 0.102. The van der Waals surface area contributed by atoms with Crippen LogP contribution in [0.1, 0.15) is 15.9 Å². The predicted octanol–water partition coefficient (Wildman–Crippen LogP) is 4.26. The third-order valence-electron chi connectivity index (χ3n) is 5.90. The minimum Gasteiger partial charge on any atom is -0.492 e. The molecule has 1 fully saturated rings. The number of anilines is 1. The van der Waals surface area contributed by atoms with Gasteiger partial charge in [0, 0.05) is 43.9 Å². The Morgan fingerprint density at radius 2 is 1.66 bits per heavy atom. The number of hydrogen-bond donors (Lipinski definition) is 1. The number of carbonyl (C=O) groups is 1. The molecule has 4 rings (SSSR count). The molecule has 9 heteroatoms. The van der Waals surface area contributed by atoms with Crippen molar-refractivity contribution in [1.82, 2.24) is 9.21 Å². The van der Waals surface area contributed by atoms with E-state index < -0.39 is 10.0 Å². The molecule has 0 radical (unpaired) electrons. The zero-order chi connectivity index (χ0) is 24.8. The number of rotatable bonds is 8. The molecule has 0 aliphatic carbocycles. The van der Waals surface area contributed by atoms with Gasteiger partial charge in [-0.3, -0.25) is 4.79 Å². The fraction of sp³-hybridized carbons (Fsp3) is 0.269. The number of hydrogen-bond acceptors (Lipinski definition) is 5. The average Bonchev–Trinajstić information content (AvgIpc) is 2.86. The molecule has 1 aliphatic heterocycles. The van der Waals surface area contributed by atoms with Gasteiger partial charge in [-0.25, -0.2) is 8.42 Å². The molecule has 1 amide bonds. The first-order chi connectivity index (χ1) is 16.8. The Kier molecular flexibility index (Phi) is 8.22. The molecular weight excluding hydrogens is 530 g/mol. The molecule has 0 aromatic heterocycles. The van der Waals surface area contributed by atoms with Crippen LogP contribution in [0.25, 0.3) is 0 Å². The van der Waals surface area contributed by atoms with Gasteiger partial charge in [0.1, 0.15) is 5.75 Å². The molecule has 1 N–H and O–H groups in total. The molecule has 3 aromatic rings. The van der Waals surface area contributed by atoms with E-state index >= 15 is 0 Å².